The molecule has 0 fully saturated rings. The zero-order chi connectivity index (χ0) is 42.7. The molecule has 304 valence electrons. The Morgan fingerprint density at radius 3 is 1.53 bits per heavy atom. The molecule has 12 aromatic rings. The summed E-state index contributed by atoms with van der Waals surface area (Å²) in [6, 6.07) is 71.7. The summed E-state index contributed by atoms with van der Waals surface area (Å²) in [6.07, 6.45) is 0. The van der Waals surface area contributed by atoms with E-state index >= 15 is 0 Å². The van der Waals surface area contributed by atoms with E-state index in [0.717, 1.165) is 94.2 Å². The van der Waals surface area contributed by atoms with Crippen molar-refractivity contribution in [3.63, 3.8) is 0 Å². The Morgan fingerprint density at radius 2 is 0.891 bits per heavy atom. The third kappa shape index (κ3) is 6.41. The minimum Gasteiger partial charge on any atom is -0.436 e. The van der Waals surface area contributed by atoms with E-state index in [0.29, 0.717) is 11.5 Å². The predicted molar refractivity (Wildman–Crippen MR) is 258 cm³/mol. The molecule has 0 saturated heterocycles. The molecule has 10 aromatic carbocycles. The number of hydrogen-bond donors (Lipinski definition) is 0. The quantitative estimate of drug-likeness (QED) is 0.143. The number of anilines is 6. The maximum Gasteiger partial charge on any atom is 0.227 e. The number of rotatable bonds is 8. The number of aromatic nitrogens is 2. The molecule has 0 amide bonds. The molecular weight excluding hydrogens is 795 g/mol. The lowest BCUT2D eigenvalue weighted by Gasteiger charge is -2.26. The van der Waals surface area contributed by atoms with Crippen molar-refractivity contribution in [1.82, 2.24) is 9.55 Å². The van der Waals surface area contributed by atoms with E-state index in [4.69, 9.17) is 9.40 Å². The summed E-state index contributed by atoms with van der Waals surface area (Å²) < 4.78 is 37.3. The van der Waals surface area contributed by atoms with Crippen molar-refractivity contribution in [1.29, 1.82) is 0 Å². The molecule has 0 aliphatic heterocycles. The summed E-state index contributed by atoms with van der Waals surface area (Å²) in [5.41, 5.74) is 10.9. The van der Waals surface area contributed by atoms with Crippen LogP contribution in [0.3, 0.4) is 0 Å². The highest BCUT2D eigenvalue weighted by Crippen LogP contribution is 2.43. The van der Waals surface area contributed by atoms with Gasteiger partial charge in [-0.3, -0.25) is 0 Å². The van der Waals surface area contributed by atoms with Gasteiger partial charge in [0.15, 0.2) is 5.58 Å². The van der Waals surface area contributed by atoms with Crippen molar-refractivity contribution < 1.29 is 13.2 Å². The normalized spacial score (nSPS) is 11.6. The zero-order valence-corrected chi connectivity index (χ0v) is 34.2. The molecule has 64 heavy (non-hydrogen) atoms. The van der Waals surface area contributed by atoms with Crippen LogP contribution in [0.2, 0.25) is 0 Å². The van der Waals surface area contributed by atoms with Crippen molar-refractivity contribution >= 4 is 88.6 Å². The Kier molecular flexibility index (Phi) is 8.79. The summed E-state index contributed by atoms with van der Waals surface area (Å²) in [7, 11) is 0. The molecule has 0 atom stereocenters. The van der Waals surface area contributed by atoms with Gasteiger partial charge in [0.05, 0.1) is 11.0 Å². The van der Waals surface area contributed by atoms with Gasteiger partial charge in [-0.1, -0.05) is 78.9 Å². The molecular formula is C57H36F2N4O. The number of halogens is 2. The molecule has 0 unspecified atom stereocenters. The Morgan fingerprint density at radius 1 is 0.391 bits per heavy atom. The summed E-state index contributed by atoms with van der Waals surface area (Å²) in [5, 5.41) is 6.57. The second-order valence-corrected chi connectivity index (χ2v) is 15.9. The molecule has 0 aliphatic carbocycles. The lowest BCUT2D eigenvalue weighted by atomic mass is 10.00. The van der Waals surface area contributed by atoms with E-state index < -0.39 is 0 Å². The number of oxazole rings is 1. The third-order valence-corrected chi connectivity index (χ3v) is 12.1. The van der Waals surface area contributed by atoms with Crippen LogP contribution in [-0.4, -0.2) is 9.55 Å². The van der Waals surface area contributed by atoms with E-state index in [2.05, 4.69) is 130 Å². The Labute approximate surface area is 366 Å². The number of hydrogen-bond acceptors (Lipinski definition) is 4. The van der Waals surface area contributed by atoms with Crippen LogP contribution in [0.1, 0.15) is 0 Å². The lowest BCUT2D eigenvalue weighted by Crippen LogP contribution is -2.10. The Hall–Kier alpha value is -8.55. The first-order chi connectivity index (χ1) is 31.5. The number of fused-ring (bicyclic) bond motifs is 7. The fourth-order valence-electron chi connectivity index (χ4n) is 9.11. The van der Waals surface area contributed by atoms with E-state index in [-0.39, 0.29) is 11.6 Å². The molecule has 2 aromatic heterocycles. The Bertz CT molecular complexity index is 3700. The second-order valence-electron chi connectivity index (χ2n) is 15.9. The number of para-hydroxylation sites is 2. The monoisotopic (exact) mass is 830 g/mol. The number of nitrogens with zero attached hydrogens (tertiary/aromatic N) is 4. The van der Waals surface area contributed by atoms with Gasteiger partial charge >= 0.3 is 0 Å². The molecule has 5 nitrogen and oxygen atoms in total. The van der Waals surface area contributed by atoms with Gasteiger partial charge in [-0.05, 0) is 155 Å². The maximum absolute atomic E-state index is 14.4. The van der Waals surface area contributed by atoms with Crippen LogP contribution in [0.5, 0.6) is 0 Å². The molecule has 0 N–H and O–H groups in total. The van der Waals surface area contributed by atoms with Crippen LogP contribution in [0.25, 0.3) is 71.6 Å². The van der Waals surface area contributed by atoms with Gasteiger partial charge in [0, 0.05) is 62.2 Å². The highest BCUT2D eigenvalue weighted by molar-refractivity contribution is 6.12. The summed E-state index contributed by atoms with van der Waals surface area (Å²) in [6.45, 7) is 0. The van der Waals surface area contributed by atoms with Crippen molar-refractivity contribution in [3.05, 3.63) is 230 Å². The average Bonchev–Trinajstić information content (AvgIpc) is 3.92. The smallest absolute Gasteiger partial charge is 0.227 e. The highest BCUT2D eigenvalue weighted by Gasteiger charge is 2.20. The highest BCUT2D eigenvalue weighted by atomic mass is 19.1. The second kappa shape index (κ2) is 15.1. The summed E-state index contributed by atoms with van der Waals surface area (Å²) in [5.74, 6) is -0.0422. The van der Waals surface area contributed by atoms with Crippen LogP contribution in [0.15, 0.2) is 223 Å². The van der Waals surface area contributed by atoms with Gasteiger partial charge < -0.3 is 18.8 Å². The molecule has 7 heteroatoms. The first-order valence-corrected chi connectivity index (χ1v) is 21.2. The standard InChI is InChI=1S/C57H36F2N4O/c58-40-17-21-43(22-18-40)61(47-28-32-55-52(35-47)51-13-7-8-14-54(51)63(55)42-11-5-2-6-12-42)45-25-29-49-38(33-45)15-16-39-34-46(26-30-50(39)49)62(44-23-19-41(59)20-24-44)48-27-31-53-56(36-48)64-57(60-53)37-9-3-1-4-10-37/h1-36H. The van der Waals surface area contributed by atoms with E-state index in [1.807, 2.05) is 66.7 Å². The first-order valence-electron chi connectivity index (χ1n) is 21.2. The van der Waals surface area contributed by atoms with Crippen molar-refractivity contribution in [3.8, 4) is 17.1 Å². The summed E-state index contributed by atoms with van der Waals surface area (Å²) >= 11 is 0. The molecule has 0 saturated carbocycles. The fraction of sp³-hybridized carbons (Fsp3) is 0. The lowest BCUT2D eigenvalue weighted by molar-refractivity contribution is 0.620. The van der Waals surface area contributed by atoms with Gasteiger partial charge in [-0.15, -0.1) is 0 Å². The van der Waals surface area contributed by atoms with Crippen LogP contribution in [-0.2, 0) is 0 Å². The zero-order valence-electron chi connectivity index (χ0n) is 34.2. The minimum absolute atomic E-state index is 0.289. The van der Waals surface area contributed by atoms with Crippen LogP contribution in [0.4, 0.5) is 42.9 Å². The number of benzene rings is 10. The topological polar surface area (TPSA) is 37.4 Å². The molecule has 12 rings (SSSR count). The SMILES string of the molecule is Fc1ccc(N(c2ccc3c(ccc4cc(N(c5ccc(F)cc5)c5ccc6c(c5)c5ccccc5n6-c5ccccc5)ccc43)c2)c2ccc3nc(-c4ccccc4)oc3c2)cc1. The average molecular weight is 831 g/mol. The van der Waals surface area contributed by atoms with Crippen LogP contribution < -0.4 is 9.80 Å². The van der Waals surface area contributed by atoms with Crippen molar-refractivity contribution in [2.75, 3.05) is 9.80 Å². The fourth-order valence-corrected chi connectivity index (χ4v) is 9.11. The van der Waals surface area contributed by atoms with Crippen LogP contribution >= 0.6 is 0 Å². The largest absolute Gasteiger partial charge is 0.436 e. The first kappa shape index (κ1) is 37.2. The van der Waals surface area contributed by atoms with Crippen molar-refractivity contribution in [2.24, 2.45) is 0 Å². The van der Waals surface area contributed by atoms with Gasteiger partial charge in [-0.25, -0.2) is 13.8 Å². The van der Waals surface area contributed by atoms with Gasteiger partial charge in [0.1, 0.15) is 17.2 Å². The van der Waals surface area contributed by atoms with E-state index in [1.54, 1.807) is 12.1 Å². The molecule has 0 radical (unpaired) electrons. The molecule has 0 bridgehead atoms. The van der Waals surface area contributed by atoms with Gasteiger partial charge in [0.2, 0.25) is 5.89 Å². The predicted octanol–water partition coefficient (Wildman–Crippen LogP) is 16.1. The van der Waals surface area contributed by atoms with Gasteiger partial charge in [-0.2, -0.15) is 0 Å². The Balaban J connectivity index is 0.955. The molecule has 0 spiro atoms. The maximum atomic E-state index is 14.4. The molecule has 0 aliphatic rings. The van der Waals surface area contributed by atoms with Crippen LogP contribution in [0, 0.1) is 11.6 Å². The van der Waals surface area contributed by atoms with E-state index in [1.165, 1.54) is 24.3 Å². The summed E-state index contributed by atoms with van der Waals surface area (Å²) in [4.78, 5) is 9.04. The molecule has 2 heterocycles. The van der Waals surface area contributed by atoms with Gasteiger partial charge in [0.25, 0.3) is 0 Å². The van der Waals surface area contributed by atoms with Crippen molar-refractivity contribution in [2.45, 2.75) is 0 Å². The minimum atomic E-state index is -0.305. The van der Waals surface area contributed by atoms with E-state index in [9.17, 15) is 8.78 Å². The third-order valence-electron chi connectivity index (χ3n) is 12.1.